The van der Waals surface area contributed by atoms with Gasteiger partial charge in [0.25, 0.3) is 0 Å². The number of hydrogen-bond acceptors (Lipinski definition) is 2. The van der Waals surface area contributed by atoms with Gasteiger partial charge in [-0.2, -0.15) is 0 Å². The van der Waals surface area contributed by atoms with Crippen LogP contribution in [0.1, 0.15) is 23.2 Å². The van der Waals surface area contributed by atoms with E-state index >= 15 is 0 Å². The maximum Gasteiger partial charge on any atom is 0.207 e. The largest absolute Gasteiger partial charge is 0.497 e. The minimum Gasteiger partial charge on any atom is -0.497 e. The summed E-state index contributed by atoms with van der Waals surface area (Å²) in [6, 6.07) is 17.1. The van der Waals surface area contributed by atoms with Gasteiger partial charge in [-0.05, 0) is 48.6 Å². The lowest BCUT2D eigenvalue weighted by molar-refractivity contribution is -0.110. The smallest absolute Gasteiger partial charge is 0.207 e. The van der Waals surface area contributed by atoms with Crippen LogP contribution in [0.5, 0.6) is 5.75 Å². The molecule has 25 heavy (non-hydrogen) atoms. The van der Waals surface area contributed by atoms with Gasteiger partial charge in [-0.15, -0.1) is 0 Å². The molecule has 3 aromatic rings. The summed E-state index contributed by atoms with van der Waals surface area (Å²) in [5.41, 5.74) is 5.26. The van der Waals surface area contributed by atoms with Gasteiger partial charge in [0.05, 0.1) is 7.11 Å². The summed E-state index contributed by atoms with van der Waals surface area (Å²) in [5, 5.41) is 4.20. The van der Waals surface area contributed by atoms with Crippen LogP contribution in [0.2, 0.25) is 0 Å². The number of benzene rings is 2. The highest BCUT2D eigenvalue weighted by Gasteiger charge is 2.25. The van der Waals surface area contributed by atoms with Gasteiger partial charge >= 0.3 is 0 Å². The highest BCUT2D eigenvalue weighted by Crippen LogP contribution is 2.34. The minimum atomic E-state index is 0.215. The van der Waals surface area contributed by atoms with Crippen molar-refractivity contribution in [3.63, 3.8) is 0 Å². The third kappa shape index (κ3) is 2.88. The minimum absolute atomic E-state index is 0.215. The van der Waals surface area contributed by atoms with Gasteiger partial charge < -0.3 is 14.6 Å². The molecule has 0 spiro atoms. The molecule has 4 rings (SSSR count). The Hall–Kier alpha value is -2.75. The van der Waals surface area contributed by atoms with E-state index in [1.165, 1.54) is 27.7 Å². The Morgan fingerprint density at radius 3 is 2.84 bits per heavy atom. The summed E-state index contributed by atoms with van der Waals surface area (Å²) in [6.07, 6.45) is 3.65. The number of ether oxygens (including phenoxy) is 1. The van der Waals surface area contributed by atoms with Crippen LogP contribution in [-0.4, -0.2) is 24.1 Å². The number of nitrogens with zero attached hydrogens (tertiary/aromatic N) is 1. The first-order chi connectivity index (χ1) is 12.3. The molecule has 4 nitrogen and oxygen atoms in total. The molecule has 0 saturated heterocycles. The number of amides is 1. The fraction of sp³-hybridized carbons (Fsp3) is 0.286. The summed E-state index contributed by atoms with van der Waals surface area (Å²) in [5.74, 6) is 0.873. The SMILES string of the molecule is COc1ccc2c(c1)c1c(n2Cc2ccccc2)CCC(NC=O)C1. The summed E-state index contributed by atoms with van der Waals surface area (Å²) in [7, 11) is 1.70. The molecule has 1 unspecified atom stereocenters. The van der Waals surface area contributed by atoms with Gasteiger partial charge in [0.15, 0.2) is 0 Å². The second kappa shape index (κ2) is 6.63. The molecular weight excluding hydrogens is 312 g/mol. The monoisotopic (exact) mass is 334 g/mol. The standard InChI is InChI=1S/C21H22N2O2/c1-25-17-8-10-21-19(12-17)18-11-16(22-14-24)7-9-20(18)23(21)13-15-5-3-2-4-6-15/h2-6,8,10,12,14,16H,7,9,11,13H2,1H3,(H,22,24). The molecule has 1 aliphatic rings. The maximum atomic E-state index is 10.9. The Bertz CT molecular complexity index is 899. The van der Waals surface area contributed by atoms with Crippen molar-refractivity contribution in [1.82, 2.24) is 9.88 Å². The zero-order valence-electron chi connectivity index (χ0n) is 14.4. The lowest BCUT2D eigenvalue weighted by Crippen LogP contribution is -2.33. The van der Waals surface area contributed by atoms with Gasteiger partial charge in [0, 0.05) is 29.2 Å². The van der Waals surface area contributed by atoms with E-state index in [-0.39, 0.29) is 6.04 Å². The number of aromatic nitrogens is 1. The van der Waals surface area contributed by atoms with Gasteiger partial charge in [-0.3, -0.25) is 4.79 Å². The summed E-state index contributed by atoms with van der Waals surface area (Å²) in [4.78, 5) is 10.9. The maximum absolute atomic E-state index is 10.9. The highest BCUT2D eigenvalue weighted by molar-refractivity contribution is 5.87. The molecule has 1 N–H and O–H groups in total. The molecule has 1 aromatic heterocycles. The second-order valence-electron chi connectivity index (χ2n) is 6.60. The Morgan fingerprint density at radius 1 is 1.24 bits per heavy atom. The molecule has 1 atom stereocenters. The second-order valence-corrected chi connectivity index (χ2v) is 6.60. The van der Waals surface area contributed by atoms with E-state index in [4.69, 9.17) is 4.74 Å². The number of nitrogens with one attached hydrogen (secondary N) is 1. The van der Waals surface area contributed by atoms with Crippen molar-refractivity contribution in [3.05, 3.63) is 65.4 Å². The van der Waals surface area contributed by atoms with E-state index in [1.807, 2.05) is 12.1 Å². The number of hydrogen-bond donors (Lipinski definition) is 1. The van der Waals surface area contributed by atoms with E-state index in [0.717, 1.165) is 38.0 Å². The quantitative estimate of drug-likeness (QED) is 0.728. The molecule has 4 heteroatoms. The zero-order chi connectivity index (χ0) is 17.2. The summed E-state index contributed by atoms with van der Waals surface area (Å²) < 4.78 is 7.86. The number of carbonyl (C=O) groups is 1. The molecular formula is C21H22N2O2. The molecule has 128 valence electrons. The van der Waals surface area contributed by atoms with E-state index in [2.05, 4.69) is 46.3 Å². The van der Waals surface area contributed by atoms with E-state index in [0.29, 0.717) is 0 Å². The number of carbonyl (C=O) groups excluding carboxylic acids is 1. The number of methoxy groups -OCH3 is 1. The predicted octanol–water partition coefficient (Wildman–Crippen LogP) is 3.30. The fourth-order valence-corrected chi connectivity index (χ4v) is 3.94. The van der Waals surface area contributed by atoms with Gasteiger partial charge in [0.2, 0.25) is 6.41 Å². The Morgan fingerprint density at radius 2 is 2.08 bits per heavy atom. The molecule has 0 bridgehead atoms. The van der Waals surface area contributed by atoms with Crippen LogP contribution in [0.4, 0.5) is 0 Å². The lowest BCUT2D eigenvalue weighted by atomic mass is 9.91. The fourth-order valence-electron chi connectivity index (χ4n) is 3.94. The highest BCUT2D eigenvalue weighted by atomic mass is 16.5. The van der Waals surface area contributed by atoms with E-state index < -0.39 is 0 Å². The van der Waals surface area contributed by atoms with E-state index in [1.54, 1.807) is 7.11 Å². The molecule has 1 heterocycles. The van der Waals surface area contributed by atoms with Crippen molar-refractivity contribution in [2.45, 2.75) is 31.8 Å². The van der Waals surface area contributed by atoms with Crippen molar-refractivity contribution >= 4 is 17.3 Å². The Kier molecular flexibility index (Phi) is 4.18. The van der Waals surface area contributed by atoms with Crippen molar-refractivity contribution < 1.29 is 9.53 Å². The van der Waals surface area contributed by atoms with Gasteiger partial charge in [-0.1, -0.05) is 30.3 Å². The van der Waals surface area contributed by atoms with Crippen LogP contribution >= 0.6 is 0 Å². The molecule has 0 saturated carbocycles. The van der Waals surface area contributed by atoms with Crippen molar-refractivity contribution in [3.8, 4) is 5.75 Å². The third-order valence-corrected chi connectivity index (χ3v) is 5.16. The average molecular weight is 334 g/mol. The van der Waals surface area contributed by atoms with Crippen LogP contribution in [0.15, 0.2) is 48.5 Å². The Balaban J connectivity index is 1.83. The van der Waals surface area contributed by atoms with Crippen LogP contribution in [0, 0.1) is 0 Å². The average Bonchev–Trinajstić information content (AvgIpc) is 2.95. The first-order valence-electron chi connectivity index (χ1n) is 8.71. The van der Waals surface area contributed by atoms with Crippen molar-refractivity contribution in [2.24, 2.45) is 0 Å². The predicted molar refractivity (Wildman–Crippen MR) is 99.0 cm³/mol. The first-order valence-corrected chi connectivity index (χ1v) is 8.71. The Labute approximate surface area is 147 Å². The van der Waals surface area contributed by atoms with Crippen molar-refractivity contribution in [2.75, 3.05) is 7.11 Å². The lowest BCUT2D eigenvalue weighted by Gasteiger charge is -2.23. The summed E-state index contributed by atoms with van der Waals surface area (Å²) in [6.45, 7) is 0.866. The summed E-state index contributed by atoms with van der Waals surface area (Å²) >= 11 is 0. The van der Waals surface area contributed by atoms with E-state index in [9.17, 15) is 4.79 Å². The normalized spacial score (nSPS) is 16.4. The molecule has 1 aliphatic carbocycles. The van der Waals surface area contributed by atoms with Crippen molar-refractivity contribution in [1.29, 1.82) is 0 Å². The van der Waals surface area contributed by atoms with Crippen LogP contribution in [0.3, 0.4) is 0 Å². The third-order valence-electron chi connectivity index (χ3n) is 5.16. The molecule has 0 fully saturated rings. The van der Waals surface area contributed by atoms with Crippen LogP contribution in [-0.2, 0) is 24.2 Å². The number of fused-ring (bicyclic) bond motifs is 3. The number of rotatable bonds is 5. The molecule has 0 radical (unpaired) electrons. The van der Waals surface area contributed by atoms with Gasteiger partial charge in [-0.25, -0.2) is 0 Å². The zero-order valence-corrected chi connectivity index (χ0v) is 14.4. The molecule has 1 amide bonds. The van der Waals surface area contributed by atoms with Crippen LogP contribution in [0.25, 0.3) is 10.9 Å². The van der Waals surface area contributed by atoms with Crippen LogP contribution < -0.4 is 10.1 Å². The molecule has 2 aromatic carbocycles. The first kappa shape index (κ1) is 15.8. The molecule has 0 aliphatic heterocycles. The topological polar surface area (TPSA) is 43.3 Å². The van der Waals surface area contributed by atoms with Gasteiger partial charge in [0.1, 0.15) is 5.75 Å².